The van der Waals surface area contributed by atoms with Crippen molar-refractivity contribution in [3.63, 3.8) is 0 Å². The molecule has 1 atom stereocenters. The maximum atomic E-state index is 11.0. The van der Waals surface area contributed by atoms with Crippen LogP contribution in [0.15, 0.2) is 11.6 Å². The van der Waals surface area contributed by atoms with E-state index in [0.29, 0.717) is 6.61 Å². The lowest BCUT2D eigenvalue weighted by atomic mass is 9.96. The van der Waals surface area contributed by atoms with Gasteiger partial charge in [-0.3, -0.25) is 9.59 Å². The molecule has 0 spiro atoms. The van der Waals surface area contributed by atoms with Gasteiger partial charge in [0, 0.05) is 6.04 Å². The normalized spacial score (nSPS) is 18.6. The van der Waals surface area contributed by atoms with Crippen LogP contribution in [-0.4, -0.2) is 36.2 Å². The van der Waals surface area contributed by atoms with Crippen LogP contribution in [0, 0.1) is 5.92 Å². The second-order valence-electron chi connectivity index (χ2n) is 4.47. The highest BCUT2D eigenvalue weighted by molar-refractivity contribution is 5.76. The first kappa shape index (κ1) is 16.6. The van der Waals surface area contributed by atoms with E-state index in [-0.39, 0.29) is 24.5 Å². The van der Waals surface area contributed by atoms with Gasteiger partial charge >= 0.3 is 11.9 Å². The predicted molar refractivity (Wildman–Crippen MR) is 69.3 cm³/mol. The van der Waals surface area contributed by atoms with Crippen LogP contribution in [0.1, 0.15) is 34.1 Å². The summed E-state index contributed by atoms with van der Waals surface area (Å²) in [7, 11) is 0. The molecule has 1 aliphatic heterocycles. The van der Waals surface area contributed by atoms with Gasteiger partial charge in [-0.25, -0.2) is 0 Å². The Kier molecular flexibility index (Phi) is 8.03. The summed E-state index contributed by atoms with van der Waals surface area (Å²) in [5.41, 5.74) is 1.15. The number of rotatable bonds is 4. The molecular formula is C13H23NO4. The van der Waals surface area contributed by atoms with Crippen LogP contribution in [0.4, 0.5) is 0 Å². The summed E-state index contributed by atoms with van der Waals surface area (Å²) in [5, 5.41) is 10.8. The number of carboxylic acids is 1. The molecule has 1 unspecified atom stereocenters. The van der Waals surface area contributed by atoms with Gasteiger partial charge in [0.15, 0.2) is 0 Å². The van der Waals surface area contributed by atoms with Crippen molar-refractivity contribution in [3.05, 3.63) is 11.6 Å². The lowest BCUT2D eigenvalue weighted by Gasteiger charge is -2.18. The molecule has 0 fully saturated rings. The fraction of sp³-hybridized carbons (Fsp3) is 0.692. The monoisotopic (exact) mass is 257 g/mol. The third kappa shape index (κ3) is 7.06. The molecule has 0 aromatic carbocycles. The SMILES string of the molecule is CC(C)NCC(=O)O.CCC1C(=O)OCC=C1C. The van der Waals surface area contributed by atoms with Crippen molar-refractivity contribution in [1.82, 2.24) is 5.32 Å². The van der Waals surface area contributed by atoms with E-state index in [9.17, 15) is 9.59 Å². The molecule has 0 aromatic heterocycles. The van der Waals surface area contributed by atoms with Crippen LogP contribution in [0.5, 0.6) is 0 Å². The number of aliphatic carboxylic acids is 1. The fourth-order valence-electron chi connectivity index (χ4n) is 1.46. The molecule has 0 aliphatic carbocycles. The quantitative estimate of drug-likeness (QED) is 0.591. The Morgan fingerprint density at radius 3 is 2.50 bits per heavy atom. The minimum Gasteiger partial charge on any atom is -0.480 e. The number of esters is 1. The van der Waals surface area contributed by atoms with Gasteiger partial charge in [-0.2, -0.15) is 0 Å². The van der Waals surface area contributed by atoms with Crippen molar-refractivity contribution >= 4 is 11.9 Å². The number of ether oxygens (including phenoxy) is 1. The molecular weight excluding hydrogens is 234 g/mol. The van der Waals surface area contributed by atoms with Gasteiger partial charge in [0.05, 0.1) is 12.5 Å². The smallest absolute Gasteiger partial charge is 0.317 e. The Hall–Kier alpha value is -1.36. The number of cyclic esters (lactones) is 1. The lowest BCUT2D eigenvalue weighted by molar-refractivity contribution is -0.147. The number of carbonyl (C=O) groups excluding carboxylic acids is 1. The van der Waals surface area contributed by atoms with Gasteiger partial charge in [0.25, 0.3) is 0 Å². The van der Waals surface area contributed by atoms with Crippen LogP contribution < -0.4 is 5.32 Å². The zero-order valence-corrected chi connectivity index (χ0v) is 11.5. The van der Waals surface area contributed by atoms with Crippen molar-refractivity contribution in [2.45, 2.75) is 40.2 Å². The molecule has 0 saturated carbocycles. The zero-order chi connectivity index (χ0) is 14.1. The van der Waals surface area contributed by atoms with E-state index in [1.807, 2.05) is 33.8 Å². The Balaban J connectivity index is 0.000000331. The van der Waals surface area contributed by atoms with E-state index < -0.39 is 5.97 Å². The summed E-state index contributed by atoms with van der Waals surface area (Å²) in [6.07, 6.45) is 2.82. The van der Waals surface area contributed by atoms with Crippen LogP contribution in [0.2, 0.25) is 0 Å². The van der Waals surface area contributed by atoms with Gasteiger partial charge in [-0.15, -0.1) is 0 Å². The number of hydrogen-bond donors (Lipinski definition) is 2. The summed E-state index contributed by atoms with van der Waals surface area (Å²) >= 11 is 0. The highest BCUT2D eigenvalue weighted by atomic mass is 16.5. The molecule has 1 aliphatic rings. The Morgan fingerprint density at radius 2 is 2.22 bits per heavy atom. The van der Waals surface area contributed by atoms with E-state index in [4.69, 9.17) is 9.84 Å². The minimum atomic E-state index is -0.807. The fourth-order valence-corrected chi connectivity index (χ4v) is 1.46. The Bertz CT molecular complexity index is 310. The molecule has 104 valence electrons. The molecule has 18 heavy (non-hydrogen) atoms. The second-order valence-corrected chi connectivity index (χ2v) is 4.47. The van der Waals surface area contributed by atoms with Crippen LogP contribution in [0.25, 0.3) is 0 Å². The van der Waals surface area contributed by atoms with E-state index in [1.54, 1.807) is 0 Å². The van der Waals surface area contributed by atoms with E-state index in [2.05, 4.69) is 5.32 Å². The molecule has 0 saturated heterocycles. The second kappa shape index (κ2) is 8.69. The van der Waals surface area contributed by atoms with E-state index >= 15 is 0 Å². The Morgan fingerprint density at radius 1 is 1.61 bits per heavy atom. The van der Waals surface area contributed by atoms with Crippen LogP contribution >= 0.6 is 0 Å². The van der Waals surface area contributed by atoms with Gasteiger partial charge in [0.2, 0.25) is 0 Å². The lowest BCUT2D eigenvalue weighted by Crippen LogP contribution is -2.28. The molecule has 5 heteroatoms. The highest BCUT2D eigenvalue weighted by Gasteiger charge is 2.22. The predicted octanol–water partition coefficient (Wildman–Crippen LogP) is 1.58. The average molecular weight is 257 g/mol. The van der Waals surface area contributed by atoms with Crippen molar-refractivity contribution in [3.8, 4) is 0 Å². The van der Waals surface area contributed by atoms with Crippen molar-refractivity contribution in [2.75, 3.05) is 13.2 Å². The van der Waals surface area contributed by atoms with Gasteiger partial charge in [-0.1, -0.05) is 26.3 Å². The summed E-state index contributed by atoms with van der Waals surface area (Å²) < 4.78 is 4.84. The van der Waals surface area contributed by atoms with Crippen molar-refractivity contribution in [1.29, 1.82) is 0 Å². The van der Waals surface area contributed by atoms with Crippen molar-refractivity contribution < 1.29 is 19.4 Å². The summed E-state index contributed by atoms with van der Waals surface area (Å²) in [6.45, 7) is 8.30. The molecule has 0 radical (unpaired) electrons. The number of carbonyl (C=O) groups is 2. The molecule has 1 heterocycles. The molecule has 0 bridgehead atoms. The Labute approximate surface area is 108 Å². The summed E-state index contributed by atoms with van der Waals surface area (Å²) in [5.74, 6) is -0.852. The topological polar surface area (TPSA) is 75.6 Å². The van der Waals surface area contributed by atoms with Gasteiger partial charge in [-0.05, 0) is 19.4 Å². The standard InChI is InChI=1S/C8H12O2.C5H11NO2/c1-3-7-6(2)4-5-10-8(7)9;1-4(2)6-3-5(7)8/h4,7H,3,5H2,1-2H3;4,6H,3H2,1-2H3,(H,7,8). The molecule has 0 aromatic rings. The first-order valence-electron chi connectivity index (χ1n) is 6.16. The number of nitrogens with one attached hydrogen (secondary N) is 1. The molecule has 1 rings (SSSR count). The summed E-state index contributed by atoms with van der Waals surface area (Å²) in [4.78, 5) is 20.8. The average Bonchev–Trinajstić information content (AvgIpc) is 2.27. The first-order valence-corrected chi connectivity index (χ1v) is 6.16. The third-order valence-corrected chi connectivity index (χ3v) is 2.53. The van der Waals surface area contributed by atoms with E-state index in [0.717, 1.165) is 12.0 Å². The van der Waals surface area contributed by atoms with Gasteiger partial charge in [0.1, 0.15) is 6.61 Å². The highest BCUT2D eigenvalue weighted by Crippen LogP contribution is 2.19. The third-order valence-electron chi connectivity index (χ3n) is 2.53. The maximum absolute atomic E-state index is 11.0. The van der Waals surface area contributed by atoms with Crippen molar-refractivity contribution in [2.24, 2.45) is 5.92 Å². The zero-order valence-electron chi connectivity index (χ0n) is 11.5. The molecule has 0 amide bonds. The first-order chi connectivity index (χ1) is 8.38. The molecule has 5 nitrogen and oxygen atoms in total. The van der Waals surface area contributed by atoms with Crippen LogP contribution in [0.3, 0.4) is 0 Å². The van der Waals surface area contributed by atoms with E-state index in [1.165, 1.54) is 0 Å². The minimum absolute atomic E-state index is 0.0220. The van der Waals surface area contributed by atoms with Crippen LogP contribution in [-0.2, 0) is 14.3 Å². The summed E-state index contributed by atoms with van der Waals surface area (Å²) in [6, 6.07) is 0.256. The molecule has 2 N–H and O–H groups in total. The number of hydrogen-bond acceptors (Lipinski definition) is 4. The maximum Gasteiger partial charge on any atom is 0.317 e. The largest absolute Gasteiger partial charge is 0.480 e. The number of carboxylic acid groups (broad SMARTS) is 1. The van der Waals surface area contributed by atoms with Gasteiger partial charge < -0.3 is 15.2 Å².